The van der Waals surface area contributed by atoms with Gasteiger partial charge in [-0.3, -0.25) is 4.90 Å². The van der Waals surface area contributed by atoms with Crippen molar-refractivity contribution in [2.45, 2.75) is 13.8 Å². The molecule has 0 amide bonds. The number of thiocarbonyl (C=S) groups is 1. The topological polar surface area (TPSA) is 21.8 Å². The minimum atomic E-state index is 0.925. The maximum Gasteiger partial charge on any atom is 0.169 e. The second-order valence-electron chi connectivity index (χ2n) is 6.27. The standard InChI is InChI=1S/C17H26N4S/c1-14-4-3-5-16(15(14)2)20-11-8-19(9-12-20)10-13-21-7-6-18-17(21)22/h3-5H,6-13H2,1-2H3,(H,18,22). The highest BCUT2D eigenvalue weighted by atomic mass is 32.1. The molecule has 2 saturated heterocycles. The zero-order valence-corrected chi connectivity index (χ0v) is 14.5. The highest BCUT2D eigenvalue weighted by Crippen LogP contribution is 2.23. The lowest BCUT2D eigenvalue weighted by atomic mass is 10.1. The predicted molar refractivity (Wildman–Crippen MR) is 96.7 cm³/mol. The van der Waals surface area contributed by atoms with Crippen molar-refractivity contribution in [2.75, 3.05) is 57.3 Å². The molecule has 120 valence electrons. The second-order valence-corrected chi connectivity index (χ2v) is 6.65. The van der Waals surface area contributed by atoms with Gasteiger partial charge in [0.15, 0.2) is 5.11 Å². The van der Waals surface area contributed by atoms with E-state index in [-0.39, 0.29) is 0 Å². The average molecular weight is 318 g/mol. The van der Waals surface area contributed by atoms with E-state index in [2.05, 4.69) is 52.1 Å². The fourth-order valence-electron chi connectivity index (χ4n) is 3.28. The molecule has 2 aliphatic rings. The summed E-state index contributed by atoms with van der Waals surface area (Å²) in [5.41, 5.74) is 4.21. The van der Waals surface area contributed by atoms with E-state index >= 15 is 0 Å². The number of hydrogen-bond acceptors (Lipinski definition) is 3. The Labute approximate surface area is 139 Å². The second kappa shape index (κ2) is 6.84. The lowest BCUT2D eigenvalue weighted by Gasteiger charge is -2.37. The maximum atomic E-state index is 5.30. The number of anilines is 1. The van der Waals surface area contributed by atoms with Gasteiger partial charge in [-0.05, 0) is 43.3 Å². The minimum Gasteiger partial charge on any atom is -0.369 e. The summed E-state index contributed by atoms with van der Waals surface area (Å²) >= 11 is 5.30. The zero-order chi connectivity index (χ0) is 15.5. The summed E-state index contributed by atoms with van der Waals surface area (Å²) in [4.78, 5) is 7.37. The van der Waals surface area contributed by atoms with Crippen LogP contribution in [0.25, 0.3) is 0 Å². The Morgan fingerprint density at radius 2 is 1.82 bits per heavy atom. The van der Waals surface area contributed by atoms with Crippen molar-refractivity contribution in [3.05, 3.63) is 29.3 Å². The SMILES string of the molecule is Cc1cccc(N2CCN(CCN3CCNC3=S)CC2)c1C. The molecule has 0 unspecified atom stereocenters. The van der Waals surface area contributed by atoms with Crippen molar-refractivity contribution in [3.63, 3.8) is 0 Å². The first-order chi connectivity index (χ1) is 10.6. The van der Waals surface area contributed by atoms with Crippen LogP contribution in [-0.4, -0.2) is 67.3 Å². The van der Waals surface area contributed by atoms with Crippen LogP contribution in [0.5, 0.6) is 0 Å². The van der Waals surface area contributed by atoms with Crippen molar-refractivity contribution in [3.8, 4) is 0 Å². The van der Waals surface area contributed by atoms with Crippen molar-refractivity contribution in [2.24, 2.45) is 0 Å². The fourth-order valence-corrected chi connectivity index (χ4v) is 3.56. The van der Waals surface area contributed by atoms with Crippen LogP contribution in [0.15, 0.2) is 18.2 Å². The van der Waals surface area contributed by atoms with E-state index in [1.165, 1.54) is 16.8 Å². The number of nitrogens with one attached hydrogen (secondary N) is 1. The largest absolute Gasteiger partial charge is 0.369 e. The van der Waals surface area contributed by atoms with Crippen molar-refractivity contribution in [1.82, 2.24) is 15.1 Å². The molecule has 2 aliphatic heterocycles. The van der Waals surface area contributed by atoms with Crippen LogP contribution < -0.4 is 10.2 Å². The van der Waals surface area contributed by atoms with E-state index in [1.54, 1.807) is 0 Å². The number of benzene rings is 1. The third-order valence-electron chi connectivity index (χ3n) is 4.92. The molecule has 3 rings (SSSR count). The van der Waals surface area contributed by atoms with Crippen LogP contribution in [0.4, 0.5) is 5.69 Å². The summed E-state index contributed by atoms with van der Waals surface area (Å²) < 4.78 is 0. The summed E-state index contributed by atoms with van der Waals surface area (Å²) in [5, 5.41) is 4.15. The van der Waals surface area contributed by atoms with Gasteiger partial charge in [0.05, 0.1) is 0 Å². The number of hydrogen-bond donors (Lipinski definition) is 1. The normalized spacial score (nSPS) is 19.6. The van der Waals surface area contributed by atoms with Gasteiger partial charge in [-0.1, -0.05) is 12.1 Å². The van der Waals surface area contributed by atoms with E-state index in [0.29, 0.717) is 0 Å². The maximum absolute atomic E-state index is 5.30. The molecule has 2 fully saturated rings. The molecule has 1 N–H and O–H groups in total. The smallest absolute Gasteiger partial charge is 0.169 e. The number of nitrogens with zero attached hydrogens (tertiary/aromatic N) is 3. The molecule has 0 bridgehead atoms. The zero-order valence-electron chi connectivity index (χ0n) is 13.6. The molecule has 4 nitrogen and oxygen atoms in total. The Morgan fingerprint density at radius 3 is 2.50 bits per heavy atom. The molecular weight excluding hydrogens is 292 g/mol. The highest BCUT2D eigenvalue weighted by Gasteiger charge is 2.21. The van der Waals surface area contributed by atoms with E-state index in [4.69, 9.17) is 12.2 Å². The first-order valence-corrected chi connectivity index (χ1v) is 8.62. The summed E-state index contributed by atoms with van der Waals surface area (Å²) in [6.07, 6.45) is 0. The highest BCUT2D eigenvalue weighted by molar-refractivity contribution is 7.80. The Bertz CT molecular complexity index is 537. The molecule has 5 heteroatoms. The number of aryl methyl sites for hydroxylation is 1. The minimum absolute atomic E-state index is 0.925. The Kier molecular flexibility index (Phi) is 4.84. The number of rotatable bonds is 4. The van der Waals surface area contributed by atoms with Crippen LogP contribution in [0.1, 0.15) is 11.1 Å². The van der Waals surface area contributed by atoms with Crippen LogP contribution in [0, 0.1) is 13.8 Å². The molecule has 0 spiro atoms. The first kappa shape index (κ1) is 15.6. The van der Waals surface area contributed by atoms with Gasteiger partial charge in [-0.2, -0.15) is 0 Å². The molecular formula is C17H26N4S. The van der Waals surface area contributed by atoms with Crippen molar-refractivity contribution >= 4 is 23.0 Å². The summed E-state index contributed by atoms with van der Waals surface area (Å²) in [6, 6.07) is 6.62. The average Bonchev–Trinajstić information content (AvgIpc) is 2.94. The van der Waals surface area contributed by atoms with Crippen LogP contribution >= 0.6 is 12.2 Å². The van der Waals surface area contributed by atoms with Gasteiger partial charge in [0.1, 0.15) is 0 Å². The van der Waals surface area contributed by atoms with Gasteiger partial charge in [0, 0.05) is 58.0 Å². The summed E-state index contributed by atoms with van der Waals surface area (Å²) in [5.74, 6) is 0. The van der Waals surface area contributed by atoms with E-state index < -0.39 is 0 Å². The molecule has 1 aromatic rings. The Balaban J connectivity index is 1.50. The van der Waals surface area contributed by atoms with Gasteiger partial charge in [-0.15, -0.1) is 0 Å². The molecule has 22 heavy (non-hydrogen) atoms. The predicted octanol–water partition coefficient (Wildman–Crippen LogP) is 1.62. The van der Waals surface area contributed by atoms with Gasteiger partial charge < -0.3 is 15.1 Å². The summed E-state index contributed by atoms with van der Waals surface area (Å²) in [7, 11) is 0. The van der Waals surface area contributed by atoms with Gasteiger partial charge in [0.2, 0.25) is 0 Å². The first-order valence-electron chi connectivity index (χ1n) is 8.21. The van der Waals surface area contributed by atoms with Gasteiger partial charge in [-0.25, -0.2) is 0 Å². The van der Waals surface area contributed by atoms with E-state index in [0.717, 1.165) is 57.5 Å². The molecule has 0 aliphatic carbocycles. The molecule has 0 aromatic heterocycles. The number of piperazine rings is 1. The molecule has 1 aromatic carbocycles. The monoisotopic (exact) mass is 318 g/mol. The van der Waals surface area contributed by atoms with Crippen molar-refractivity contribution in [1.29, 1.82) is 0 Å². The van der Waals surface area contributed by atoms with Crippen LogP contribution in [0.3, 0.4) is 0 Å². The van der Waals surface area contributed by atoms with Crippen molar-refractivity contribution < 1.29 is 0 Å². The Hall–Kier alpha value is -1.33. The van der Waals surface area contributed by atoms with E-state index in [1.807, 2.05) is 0 Å². The van der Waals surface area contributed by atoms with Crippen LogP contribution in [0.2, 0.25) is 0 Å². The molecule has 0 atom stereocenters. The van der Waals surface area contributed by atoms with Gasteiger partial charge in [0.25, 0.3) is 0 Å². The fraction of sp³-hybridized carbons (Fsp3) is 0.588. The molecule has 0 saturated carbocycles. The lowest BCUT2D eigenvalue weighted by Crippen LogP contribution is -2.49. The third-order valence-corrected chi connectivity index (χ3v) is 5.32. The van der Waals surface area contributed by atoms with Gasteiger partial charge >= 0.3 is 0 Å². The molecule has 0 radical (unpaired) electrons. The van der Waals surface area contributed by atoms with E-state index in [9.17, 15) is 0 Å². The lowest BCUT2D eigenvalue weighted by molar-refractivity contribution is 0.239. The van der Waals surface area contributed by atoms with Crippen LogP contribution in [-0.2, 0) is 0 Å². The Morgan fingerprint density at radius 1 is 1.05 bits per heavy atom. The third kappa shape index (κ3) is 3.36. The summed E-state index contributed by atoms with van der Waals surface area (Å²) in [6.45, 7) is 13.2. The molecule has 2 heterocycles. The quantitative estimate of drug-likeness (QED) is 0.849.